The molecule has 31 heavy (non-hydrogen) atoms. The van der Waals surface area contributed by atoms with Crippen LogP contribution in [0, 0.1) is 22.7 Å². The largest absolute Gasteiger partial charge is 0.507 e. The third-order valence-corrected chi connectivity index (χ3v) is 7.91. The number of aromatic hydroxyl groups is 1. The lowest BCUT2D eigenvalue weighted by atomic mass is 9.78. The Morgan fingerprint density at radius 1 is 1.16 bits per heavy atom. The maximum atomic E-state index is 12.9. The summed E-state index contributed by atoms with van der Waals surface area (Å²) < 4.78 is 25.8. The number of allylic oxidation sites excluding steroid dienone is 1. The highest BCUT2D eigenvalue weighted by Crippen LogP contribution is 2.40. The number of nitrogens with one attached hydrogen (secondary N) is 1. The predicted molar refractivity (Wildman–Crippen MR) is 127 cm³/mol. The van der Waals surface area contributed by atoms with Crippen molar-refractivity contribution in [3.05, 3.63) is 33.7 Å². The SMILES string of the molecule is CC(C)(C)c1cc(/C=C(\C#N)S(=O)(=O)CCC2CCCCC2)cc(C(C)(C)C=N)c1O. The summed E-state index contributed by atoms with van der Waals surface area (Å²) in [4.78, 5) is -0.243. The molecule has 0 aliphatic heterocycles. The van der Waals surface area contributed by atoms with Crippen molar-refractivity contribution in [2.75, 3.05) is 5.75 Å². The van der Waals surface area contributed by atoms with E-state index in [1.54, 1.807) is 12.1 Å². The van der Waals surface area contributed by atoms with Crippen LogP contribution in [0.5, 0.6) is 5.75 Å². The average molecular weight is 445 g/mol. The molecule has 1 fully saturated rings. The van der Waals surface area contributed by atoms with Gasteiger partial charge >= 0.3 is 0 Å². The van der Waals surface area contributed by atoms with Gasteiger partial charge in [0.25, 0.3) is 0 Å². The first-order chi connectivity index (χ1) is 14.3. The Morgan fingerprint density at radius 2 is 1.74 bits per heavy atom. The molecule has 170 valence electrons. The quantitative estimate of drug-likeness (QED) is 0.406. The van der Waals surface area contributed by atoms with Gasteiger partial charge in [0.1, 0.15) is 16.7 Å². The first-order valence-electron chi connectivity index (χ1n) is 11.1. The molecule has 0 unspecified atom stereocenters. The van der Waals surface area contributed by atoms with Crippen LogP contribution in [0.15, 0.2) is 17.0 Å². The van der Waals surface area contributed by atoms with E-state index < -0.39 is 20.7 Å². The molecule has 0 bridgehead atoms. The van der Waals surface area contributed by atoms with Gasteiger partial charge in [-0.05, 0) is 41.5 Å². The Hall–Kier alpha value is -2.13. The van der Waals surface area contributed by atoms with Crippen LogP contribution in [-0.2, 0) is 20.7 Å². The van der Waals surface area contributed by atoms with Crippen molar-refractivity contribution >= 4 is 22.1 Å². The fourth-order valence-electron chi connectivity index (χ4n) is 4.13. The zero-order valence-electron chi connectivity index (χ0n) is 19.5. The number of sulfone groups is 1. The van der Waals surface area contributed by atoms with E-state index in [0.717, 1.165) is 25.7 Å². The van der Waals surface area contributed by atoms with Crippen LogP contribution >= 0.6 is 0 Å². The van der Waals surface area contributed by atoms with Crippen molar-refractivity contribution in [3.8, 4) is 11.8 Å². The molecule has 6 heteroatoms. The molecule has 1 aliphatic rings. The minimum Gasteiger partial charge on any atom is -0.507 e. The van der Waals surface area contributed by atoms with Crippen molar-refractivity contribution in [3.63, 3.8) is 0 Å². The van der Waals surface area contributed by atoms with Gasteiger partial charge in [-0.25, -0.2) is 8.42 Å². The Kier molecular flexibility index (Phi) is 7.75. The minimum atomic E-state index is -3.69. The summed E-state index contributed by atoms with van der Waals surface area (Å²) in [7, 11) is -3.69. The number of phenols is 1. The third kappa shape index (κ3) is 6.20. The molecule has 0 amide bonds. The number of hydrogen-bond donors (Lipinski definition) is 2. The van der Waals surface area contributed by atoms with E-state index in [1.807, 2.05) is 40.7 Å². The second-order valence-corrected chi connectivity index (χ2v) is 12.4. The molecule has 2 N–H and O–H groups in total. The highest BCUT2D eigenvalue weighted by molar-refractivity contribution is 7.95. The molecule has 1 saturated carbocycles. The van der Waals surface area contributed by atoms with Gasteiger partial charge in [0, 0.05) is 22.8 Å². The summed E-state index contributed by atoms with van der Waals surface area (Å²) in [5.74, 6) is 0.515. The Morgan fingerprint density at radius 3 is 2.26 bits per heavy atom. The molecule has 5 nitrogen and oxygen atoms in total. The van der Waals surface area contributed by atoms with E-state index in [4.69, 9.17) is 5.41 Å². The molecule has 0 saturated heterocycles. The molecular formula is C25H36N2O3S. The zero-order valence-corrected chi connectivity index (χ0v) is 20.3. The summed E-state index contributed by atoms with van der Waals surface area (Å²) in [5.41, 5.74) is 0.611. The van der Waals surface area contributed by atoms with Crippen LogP contribution in [0.2, 0.25) is 0 Å². The molecular weight excluding hydrogens is 408 g/mol. The van der Waals surface area contributed by atoms with Crippen molar-refractivity contribution < 1.29 is 13.5 Å². The van der Waals surface area contributed by atoms with E-state index in [-0.39, 0.29) is 16.4 Å². The first-order valence-corrected chi connectivity index (χ1v) is 12.7. The summed E-state index contributed by atoms with van der Waals surface area (Å²) >= 11 is 0. The summed E-state index contributed by atoms with van der Waals surface area (Å²) in [6.45, 7) is 9.52. The molecule has 0 heterocycles. The summed E-state index contributed by atoms with van der Waals surface area (Å²) in [6, 6.07) is 5.32. The smallest absolute Gasteiger partial charge is 0.188 e. The minimum absolute atomic E-state index is 0.0138. The van der Waals surface area contributed by atoms with E-state index >= 15 is 0 Å². The van der Waals surface area contributed by atoms with Gasteiger partial charge in [-0.1, -0.05) is 66.7 Å². The van der Waals surface area contributed by atoms with Crippen molar-refractivity contribution in [1.82, 2.24) is 0 Å². The fraction of sp³-hybridized carbons (Fsp3) is 0.600. The van der Waals surface area contributed by atoms with E-state index in [9.17, 15) is 18.8 Å². The van der Waals surface area contributed by atoms with Crippen LogP contribution in [-0.4, -0.2) is 25.5 Å². The average Bonchev–Trinajstić information content (AvgIpc) is 2.71. The number of rotatable bonds is 7. The van der Waals surface area contributed by atoms with Crippen molar-refractivity contribution in [1.29, 1.82) is 10.7 Å². The molecule has 0 atom stereocenters. The van der Waals surface area contributed by atoms with E-state index in [2.05, 4.69) is 0 Å². The molecule has 1 aliphatic carbocycles. The van der Waals surface area contributed by atoms with Gasteiger partial charge in [-0.3, -0.25) is 0 Å². The van der Waals surface area contributed by atoms with E-state index in [0.29, 0.717) is 29.0 Å². The van der Waals surface area contributed by atoms with Crippen LogP contribution in [0.4, 0.5) is 0 Å². The van der Waals surface area contributed by atoms with Crippen molar-refractivity contribution in [2.45, 2.75) is 84.0 Å². The van der Waals surface area contributed by atoms with Gasteiger partial charge in [0.15, 0.2) is 9.84 Å². The van der Waals surface area contributed by atoms with E-state index in [1.165, 1.54) is 18.7 Å². The standard InChI is InChI=1S/C25H36N2O3S/c1-24(2,3)21-14-19(15-22(23(21)28)25(4,5)17-27)13-20(16-26)31(29,30)12-11-18-9-7-6-8-10-18/h13-15,17-18,27-28H,6-12H2,1-5H3/b20-13+,27-17?. The second kappa shape index (κ2) is 9.56. The third-order valence-electron chi connectivity index (χ3n) is 6.26. The van der Waals surface area contributed by atoms with Gasteiger partial charge in [-0.15, -0.1) is 0 Å². The lowest BCUT2D eigenvalue weighted by Crippen LogP contribution is -2.21. The molecule has 1 aromatic carbocycles. The number of nitriles is 1. The molecule has 1 aromatic rings. The number of benzene rings is 1. The summed E-state index contributed by atoms with van der Waals surface area (Å²) in [5, 5.41) is 28.3. The second-order valence-electron chi connectivity index (χ2n) is 10.3. The maximum absolute atomic E-state index is 12.9. The van der Waals surface area contributed by atoms with Crippen LogP contribution < -0.4 is 0 Å². The Bertz CT molecular complexity index is 987. The molecule has 0 aromatic heterocycles. The number of phenolic OH excluding ortho intramolecular Hbond substituents is 1. The fourth-order valence-corrected chi connectivity index (χ4v) is 5.45. The Labute approximate surface area is 187 Å². The monoisotopic (exact) mass is 444 g/mol. The van der Waals surface area contributed by atoms with Gasteiger partial charge in [0.05, 0.1) is 5.75 Å². The maximum Gasteiger partial charge on any atom is 0.188 e. The van der Waals surface area contributed by atoms with Crippen LogP contribution in [0.3, 0.4) is 0 Å². The molecule has 0 spiro atoms. The Balaban J connectivity index is 2.48. The topological polar surface area (TPSA) is 102 Å². The predicted octanol–water partition coefficient (Wildman–Crippen LogP) is 5.87. The lowest BCUT2D eigenvalue weighted by Gasteiger charge is -2.28. The lowest BCUT2D eigenvalue weighted by molar-refractivity contribution is 0.350. The van der Waals surface area contributed by atoms with Gasteiger partial charge < -0.3 is 10.5 Å². The van der Waals surface area contributed by atoms with Gasteiger partial charge in [0.2, 0.25) is 0 Å². The highest BCUT2D eigenvalue weighted by atomic mass is 32.2. The van der Waals surface area contributed by atoms with Crippen LogP contribution in [0.1, 0.15) is 89.8 Å². The summed E-state index contributed by atoms with van der Waals surface area (Å²) in [6.07, 6.45) is 8.92. The molecule has 0 radical (unpaired) electrons. The van der Waals surface area contributed by atoms with Gasteiger partial charge in [-0.2, -0.15) is 5.26 Å². The zero-order chi connectivity index (χ0) is 23.4. The highest BCUT2D eigenvalue weighted by Gasteiger charge is 2.28. The first kappa shape index (κ1) is 25.1. The normalized spacial score (nSPS) is 16.7. The number of hydrogen-bond acceptors (Lipinski definition) is 5. The number of nitrogens with zero attached hydrogens (tertiary/aromatic N) is 1. The molecule has 2 rings (SSSR count). The van der Waals surface area contributed by atoms with Crippen molar-refractivity contribution in [2.24, 2.45) is 5.92 Å². The van der Waals surface area contributed by atoms with Crippen LogP contribution in [0.25, 0.3) is 6.08 Å².